The summed E-state index contributed by atoms with van der Waals surface area (Å²) >= 11 is 7.59. The van der Waals surface area contributed by atoms with Gasteiger partial charge in [0.15, 0.2) is 10.8 Å². The second-order valence-electron chi connectivity index (χ2n) is 8.58. The summed E-state index contributed by atoms with van der Waals surface area (Å²) < 4.78 is 48.0. The average Bonchev–Trinajstić information content (AvgIpc) is 3.36. The third-order valence-electron chi connectivity index (χ3n) is 5.82. The standard InChI is InChI=1S/C24H22ClF3N4O4S/c1-36-23(35)19-17(11-32-10-13(2-5-18(33)34)9-24(27,28)12-32)30-21(22-29-6-7-37-22)31-20(19)15-4-3-14(26)8-16(15)25/h2-8,13,20H,9-12H2,1H3,(H,30,31)(H,33,34)/b5-2+. The Morgan fingerprint density at radius 1 is 1.41 bits per heavy atom. The van der Waals surface area contributed by atoms with Crippen LogP contribution in [0.5, 0.6) is 0 Å². The molecule has 4 rings (SSSR count). The second-order valence-corrected chi connectivity index (χ2v) is 9.88. The van der Waals surface area contributed by atoms with Crippen molar-refractivity contribution < 1.29 is 32.6 Å². The number of methoxy groups -OCH3 is 1. The van der Waals surface area contributed by atoms with Crippen molar-refractivity contribution in [3.8, 4) is 0 Å². The first-order chi connectivity index (χ1) is 17.6. The number of carboxylic acid groups (broad SMARTS) is 1. The van der Waals surface area contributed by atoms with Crippen LogP contribution in [0, 0.1) is 11.7 Å². The number of aliphatic imine (C=N–C) groups is 1. The number of amidine groups is 1. The van der Waals surface area contributed by atoms with Gasteiger partial charge in [0.05, 0.1) is 19.2 Å². The number of ether oxygens (including phenoxy) is 1. The lowest BCUT2D eigenvalue weighted by Crippen LogP contribution is -2.49. The van der Waals surface area contributed by atoms with Crippen LogP contribution in [0.2, 0.25) is 5.02 Å². The first-order valence-electron chi connectivity index (χ1n) is 11.1. The van der Waals surface area contributed by atoms with E-state index in [9.17, 15) is 22.8 Å². The molecule has 0 aliphatic carbocycles. The highest BCUT2D eigenvalue weighted by atomic mass is 35.5. The summed E-state index contributed by atoms with van der Waals surface area (Å²) in [6.45, 7) is -0.600. The lowest BCUT2D eigenvalue weighted by molar-refractivity contribution is -0.136. The Labute approximate surface area is 219 Å². The highest BCUT2D eigenvalue weighted by Crippen LogP contribution is 2.38. The predicted octanol–water partition coefficient (Wildman–Crippen LogP) is 4.05. The Balaban J connectivity index is 1.77. The minimum atomic E-state index is -3.09. The summed E-state index contributed by atoms with van der Waals surface area (Å²) in [6.07, 6.45) is 3.16. The number of aliphatic carboxylic acids is 1. The molecule has 2 N–H and O–H groups in total. The number of benzene rings is 1. The van der Waals surface area contributed by atoms with Gasteiger partial charge >= 0.3 is 11.9 Å². The maximum absolute atomic E-state index is 14.6. The van der Waals surface area contributed by atoms with Crippen molar-refractivity contribution in [2.75, 3.05) is 26.7 Å². The lowest BCUT2D eigenvalue weighted by Gasteiger charge is -2.38. The number of likely N-dealkylation sites (tertiary alicyclic amines) is 1. The van der Waals surface area contributed by atoms with Gasteiger partial charge in [0.25, 0.3) is 5.92 Å². The SMILES string of the molecule is COC(=O)C1=C(CN2CC(/C=C/C(=O)O)CC(F)(F)C2)NC(c2nccs2)=NC1c1ccc(F)cc1Cl. The number of esters is 1. The fourth-order valence-corrected chi connectivity index (χ4v) is 5.25. The Morgan fingerprint density at radius 2 is 2.19 bits per heavy atom. The molecule has 2 atom stereocenters. The van der Waals surface area contributed by atoms with Crippen LogP contribution in [0.1, 0.15) is 23.0 Å². The summed E-state index contributed by atoms with van der Waals surface area (Å²) in [4.78, 5) is 34.2. The molecule has 1 aromatic carbocycles. The topological polar surface area (TPSA) is 104 Å². The van der Waals surface area contributed by atoms with E-state index in [-0.39, 0.29) is 35.2 Å². The molecule has 1 aromatic heterocycles. The number of aromatic nitrogens is 1. The summed E-state index contributed by atoms with van der Waals surface area (Å²) in [5.74, 6) is -6.09. The van der Waals surface area contributed by atoms with Gasteiger partial charge in [0, 0.05) is 53.4 Å². The van der Waals surface area contributed by atoms with Crippen molar-refractivity contribution in [1.82, 2.24) is 15.2 Å². The zero-order chi connectivity index (χ0) is 26.7. The smallest absolute Gasteiger partial charge is 0.338 e. The van der Waals surface area contributed by atoms with Gasteiger partial charge < -0.3 is 15.2 Å². The van der Waals surface area contributed by atoms with Crippen LogP contribution in [0.4, 0.5) is 13.2 Å². The summed E-state index contributed by atoms with van der Waals surface area (Å²) in [5, 5.41) is 14.2. The Bertz CT molecular complexity index is 1280. The molecule has 2 aliphatic rings. The van der Waals surface area contributed by atoms with Crippen molar-refractivity contribution in [1.29, 1.82) is 0 Å². The van der Waals surface area contributed by atoms with Crippen LogP contribution in [0.25, 0.3) is 0 Å². The van der Waals surface area contributed by atoms with Crippen molar-refractivity contribution in [2.45, 2.75) is 18.4 Å². The molecular formula is C24H22ClF3N4O4S. The normalized spacial score (nSPS) is 22.0. The first-order valence-corrected chi connectivity index (χ1v) is 12.3. The molecule has 37 heavy (non-hydrogen) atoms. The number of hydrogen-bond donors (Lipinski definition) is 2. The minimum Gasteiger partial charge on any atom is -0.478 e. The molecule has 0 spiro atoms. The van der Waals surface area contributed by atoms with Crippen LogP contribution in [-0.2, 0) is 14.3 Å². The van der Waals surface area contributed by atoms with Crippen LogP contribution in [-0.4, -0.2) is 65.4 Å². The van der Waals surface area contributed by atoms with E-state index in [4.69, 9.17) is 21.4 Å². The number of thiazole rings is 1. The van der Waals surface area contributed by atoms with E-state index >= 15 is 0 Å². The molecule has 0 bridgehead atoms. The predicted molar refractivity (Wildman–Crippen MR) is 131 cm³/mol. The quantitative estimate of drug-likeness (QED) is 0.393. The van der Waals surface area contributed by atoms with E-state index < -0.39 is 48.6 Å². The molecular weight excluding hydrogens is 533 g/mol. The maximum Gasteiger partial charge on any atom is 0.338 e. The van der Waals surface area contributed by atoms with Gasteiger partial charge in [-0.1, -0.05) is 23.7 Å². The second kappa shape index (κ2) is 11.0. The third kappa shape index (κ3) is 6.38. The molecule has 1 saturated heterocycles. The number of alkyl halides is 2. The number of carboxylic acids is 1. The number of nitrogens with one attached hydrogen (secondary N) is 1. The lowest BCUT2D eigenvalue weighted by atomic mass is 9.92. The van der Waals surface area contributed by atoms with Gasteiger partial charge in [0.1, 0.15) is 11.9 Å². The molecule has 8 nitrogen and oxygen atoms in total. The van der Waals surface area contributed by atoms with Gasteiger partial charge in [-0.3, -0.25) is 9.89 Å². The summed E-state index contributed by atoms with van der Waals surface area (Å²) in [7, 11) is 1.18. The molecule has 0 amide bonds. The largest absolute Gasteiger partial charge is 0.478 e. The molecule has 2 unspecified atom stereocenters. The first kappa shape index (κ1) is 26.8. The van der Waals surface area contributed by atoms with E-state index in [1.165, 1.54) is 41.6 Å². The Kier molecular flexibility index (Phi) is 8.00. The molecule has 0 radical (unpaired) electrons. The van der Waals surface area contributed by atoms with Gasteiger partial charge in [0.2, 0.25) is 0 Å². The number of carbonyl (C=O) groups is 2. The maximum atomic E-state index is 14.6. The Morgan fingerprint density at radius 3 is 2.84 bits per heavy atom. The van der Waals surface area contributed by atoms with Crippen molar-refractivity contribution in [2.24, 2.45) is 10.9 Å². The molecule has 13 heteroatoms. The highest BCUT2D eigenvalue weighted by molar-refractivity contribution is 7.11. The van der Waals surface area contributed by atoms with Gasteiger partial charge in [-0.25, -0.2) is 27.7 Å². The Hall–Kier alpha value is -3.22. The molecule has 1 fully saturated rings. The van der Waals surface area contributed by atoms with Crippen LogP contribution >= 0.6 is 22.9 Å². The summed E-state index contributed by atoms with van der Waals surface area (Å²) in [5.41, 5.74) is 0.599. The van der Waals surface area contributed by atoms with E-state index in [0.29, 0.717) is 10.6 Å². The van der Waals surface area contributed by atoms with E-state index in [1.54, 1.807) is 11.6 Å². The molecule has 0 saturated carbocycles. The zero-order valence-electron chi connectivity index (χ0n) is 19.5. The number of rotatable bonds is 7. The minimum absolute atomic E-state index is 0.0262. The molecule has 2 aromatic rings. The molecule has 2 aliphatic heterocycles. The molecule has 3 heterocycles. The van der Waals surface area contributed by atoms with E-state index in [0.717, 1.165) is 12.1 Å². The van der Waals surface area contributed by atoms with Crippen molar-refractivity contribution in [3.63, 3.8) is 0 Å². The number of piperidine rings is 1. The monoisotopic (exact) mass is 554 g/mol. The number of hydrogen-bond acceptors (Lipinski definition) is 8. The van der Waals surface area contributed by atoms with E-state index in [2.05, 4.69) is 15.3 Å². The molecule has 196 valence electrons. The summed E-state index contributed by atoms with van der Waals surface area (Å²) in [6, 6.07) is 2.65. The van der Waals surface area contributed by atoms with Gasteiger partial charge in [-0.2, -0.15) is 0 Å². The van der Waals surface area contributed by atoms with E-state index in [1.807, 2.05) is 0 Å². The van der Waals surface area contributed by atoms with Crippen molar-refractivity contribution in [3.05, 3.63) is 74.6 Å². The third-order valence-corrected chi connectivity index (χ3v) is 6.93. The fourth-order valence-electron chi connectivity index (χ4n) is 4.40. The van der Waals surface area contributed by atoms with Crippen molar-refractivity contribution >= 4 is 40.7 Å². The number of carbonyl (C=O) groups excluding carboxylic acids is 1. The highest BCUT2D eigenvalue weighted by Gasteiger charge is 2.41. The number of nitrogens with zero attached hydrogens (tertiary/aromatic N) is 3. The fraction of sp³-hybridized carbons (Fsp3) is 0.333. The van der Waals surface area contributed by atoms with Crippen LogP contribution in [0.3, 0.4) is 0 Å². The van der Waals surface area contributed by atoms with Gasteiger partial charge in [-0.15, -0.1) is 11.3 Å². The van der Waals surface area contributed by atoms with Crippen LogP contribution < -0.4 is 5.32 Å². The average molecular weight is 555 g/mol. The van der Waals surface area contributed by atoms with Crippen LogP contribution in [0.15, 0.2) is 58.2 Å². The zero-order valence-corrected chi connectivity index (χ0v) is 21.0. The number of halogens is 4. The van der Waals surface area contributed by atoms with Gasteiger partial charge in [-0.05, 0) is 18.1 Å².